The van der Waals surface area contributed by atoms with Crippen LogP contribution in [-0.2, 0) is 4.79 Å². The van der Waals surface area contributed by atoms with Gasteiger partial charge in [0.05, 0.1) is 0 Å². The lowest BCUT2D eigenvalue weighted by Gasteiger charge is -2.04. The molecule has 0 heterocycles. The number of hydrogen-bond acceptors (Lipinski definition) is 1. The predicted molar refractivity (Wildman–Crippen MR) is 183 cm³/mol. The van der Waals surface area contributed by atoms with Crippen molar-refractivity contribution in [2.45, 2.75) is 245 Å². The fraction of sp³-hybridized carbons (Fsp3) is 0.974. The largest absolute Gasteiger partial charge is 0.300 e. The molecule has 0 saturated carbocycles. The fourth-order valence-corrected chi connectivity index (χ4v) is 6.22. The number of Topliss-reactive ketones (excluding diaryl/α,β-unsaturated/α-hetero) is 1. The Labute approximate surface area is 255 Å². The maximum atomic E-state index is 12.2. The van der Waals surface area contributed by atoms with E-state index in [1.54, 1.807) is 0 Å². The van der Waals surface area contributed by atoms with Crippen molar-refractivity contribution >= 4 is 5.78 Å². The Morgan fingerprint density at radius 1 is 0.250 bits per heavy atom. The first-order valence-corrected chi connectivity index (χ1v) is 19.3. The Balaban J connectivity index is 3.13. The molecule has 0 amide bonds. The monoisotopic (exact) mass is 563 g/mol. The molecule has 1 nitrogen and oxygen atoms in total. The van der Waals surface area contributed by atoms with E-state index in [0.29, 0.717) is 5.78 Å². The summed E-state index contributed by atoms with van der Waals surface area (Å²) in [6.45, 7) is 4.59. The van der Waals surface area contributed by atoms with Crippen molar-refractivity contribution in [1.29, 1.82) is 0 Å². The molecule has 0 aromatic carbocycles. The van der Waals surface area contributed by atoms with Crippen LogP contribution in [0, 0.1) is 0 Å². The first-order valence-electron chi connectivity index (χ1n) is 19.3. The molecule has 40 heavy (non-hydrogen) atoms. The van der Waals surface area contributed by atoms with E-state index >= 15 is 0 Å². The van der Waals surface area contributed by atoms with Gasteiger partial charge in [0.2, 0.25) is 0 Å². The van der Waals surface area contributed by atoms with Crippen LogP contribution in [0.25, 0.3) is 0 Å². The molecule has 0 radical (unpaired) electrons. The summed E-state index contributed by atoms with van der Waals surface area (Å²) in [6, 6.07) is 0. The highest BCUT2D eigenvalue weighted by Gasteiger charge is 2.02. The summed E-state index contributed by atoms with van der Waals surface area (Å²) in [5.41, 5.74) is 0. The van der Waals surface area contributed by atoms with Crippen molar-refractivity contribution in [3.05, 3.63) is 0 Å². The molecule has 1 heteroatoms. The zero-order chi connectivity index (χ0) is 29.0. The summed E-state index contributed by atoms with van der Waals surface area (Å²) in [5.74, 6) is 0.529. The van der Waals surface area contributed by atoms with Crippen molar-refractivity contribution < 1.29 is 4.79 Å². The number of carbonyl (C=O) groups excluding carboxylic acids is 1. The minimum absolute atomic E-state index is 0.529. The molecule has 0 rings (SSSR count). The molecule has 0 spiro atoms. The molecule has 0 saturated heterocycles. The number of rotatable bonds is 36. The number of hydrogen-bond donors (Lipinski definition) is 0. The van der Waals surface area contributed by atoms with E-state index in [9.17, 15) is 4.79 Å². The maximum absolute atomic E-state index is 12.2. The molecule has 240 valence electrons. The molecule has 0 fully saturated rings. The highest BCUT2D eigenvalue weighted by molar-refractivity contribution is 5.78. The van der Waals surface area contributed by atoms with Crippen LogP contribution in [0.2, 0.25) is 0 Å². The quantitative estimate of drug-likeness (QED) is 0.0694. The lowest BCUT2D eigenvalue weighted by molar-refractivity contribution is -0.119. The molecule has 0 unspecified atom stereocenters. The van der Waals surface area contributed by atoms with E-state index in [-0.39, 0.29) is 0 Å². The van der Waals surface area contributed by atoms with E-state index in [2.05, 4.69) is 13.8 Å². The second-order valence-electron chi connectivity index (χ2n) is 13.4. The summed E-state index contributed by atoms with van der Waals surface area (Å²) in [6.07, 6.45) is 49.4. The average molecular weight is 563 g/mol. The van der Waals surface area contributed by atoms with Crippen LogP contribution in [0.15, 0.2) is 0 Å². The van der Waals surface area contributed by atoms with E-state index in [1.807, 2.05) is 0 Å². The molecular formula is C39H78O. The molecule has 0 aliphatic rings. The molecular weight excluding hydrogens is 484 g/mol. The Hall–Kier alpha value is -0.330. The minimum Gasteiger partial charge on any atom is -0.300 e. The highest BCUT2D eigenvalue weighted by atomic mass is 16.1. The van der Waals surface area contributed by atoms with Crippen molar-refractivity contribution in [1.82, 2.24) is 0 Å². The van der Waals surface area contributed by atoms with E-state index in [4.69, 9.17) is 0 Å². The van der Waals surface area contributed by atoms with Gasteiger partial charge in [0.1, 0.15) is 5.78 Å². The summed E-state index contributed by atoms with van der Waals surface area (Å²) in [5, 5.41) is 0. The summed E-state index contributed by atoms with van der Waals surface area (Å²) >= 11 is 0. The lowest BCUT2D eigenvalue weighted by Crippen LogP contribution is -1.97. The molecule has 0 aromatic rings. The van der Waals surface area contributed by atoms with Gasteiger partial charge in [-0.3, -0.25) is 4.79 Å². The molecule has 0 atom stereocenters. The van der Waals surface area contributed by atoms with Gasteiger partial charge in [-0.05, 0) is 12.8 Å². The standard InChI is InChI=1S/C39H78O/c1-3-5-7-9-11-13-15-17-19-20-21-22-23-24-26-28-30-32-34-36-38-39(40)37-35-33-31-29-27-25-18-16-14-12-10-8-6-4-2/h3-38H2,1-2H3. The average Bonchev–Trinajstić information content (AvgIpc) is 2.96. The van der Waals surface area contributed by atoms with Crippen LogP contribution in [0.1, 0.15) is 245 Å². The molecule has 0 N–H and O–H groups in total. The first kappa shape index (κ1) is 39.7. The summed E-state index contributed by atoms with van der Waals surface area (Å²) in [4.78, 5) is 12.2. The molecule has 0 aliphatic heterocycles. The Morgan fingerprint density at radius 3 is 0.575 bits per heavy atom. The van der Waals surface area contributed by atoms with Crippen LogP contribution in [-0.4, -0.2) is 5.78 Å². The number of carbonyl (C=O) groups is 1. The number of ketones is 1. The minimum atomic E-state index is 0.529. The third kappa shape index (κ3) is 35.7. The Morgan fingerprint density at radius 2 is 0.400 bits per heavy atom. The van der Waals surface area contributed by atoms with E-state index < -0.39 is 0 Å². The Kier molecular flexibility index (Phi) is 36.4. The van der Waals surface area contributed by atoms with Gasteiger partial charge in [-0.15, -0.1) is 0 Å². The lowest BCUT2D eigenvalue weighted by atomic mass is 10.0. The Bertz CT molecular complexity index is 456. The second kappa shape index (κ2) is 36.7. The van der Waals surface area contributed by atoms with Crippen molar-refractivity contribution in [2.24, 2.45) is 0 Å². The van der Waals surface area contributed by atoms with Crippen molar-refractivity contribution in [3.63, 3.8) is 0 Å². The van der Waals surface area contributed by atoms with Gasteiger partial charge in [-0.1, -0.05) is 219 Å². The van der Waals surface area contributed by atoms with E-state index in [1.165, 1.54) is 205 Å². The summed E-state index contributed by atoms with van der Waals surface area (Å²) < 4.78 is 0. The summed E-state index contributed by atoms with van der Waals surface area (Å²) in [7, 11) is 0. The number of unbranched alkanes of at least 4 members (excludes halogenated alkanes) is 32. The molecule has 0 aliphatic carbocycles. The van der Waals surface area contributed by atoms with E-state index in [0.717, 1.165) is 25.7 Å². The van der Waals surface area contributed by atoms with Crippen molar-refractivity contribution in [2.75, 3.05) is 0 Å². The van der Waals surface area contributed by atoms with Crippen LogP contribution in [0.5, 0.6) is 0 Å². The van der Waals surface area contributed by atoms with Crippen LogP contribution in [0.3, 0.4) is 0 Å². The first-order chi connectivity index (χ1) is 19.8. The van der Waals surface area contributed by atoms with Crippen LogP contribution < -0.4 is 0 Å². The third-order valence-electron chi connectivity index (χ3n) is 9.12. The normalized spacial score (nSPS) is 11.4. The van der Waals surface area contributed by atoms with Gasteiger partial charge in [0.15, 0.2) is 0 Å². The van der Waals surface area contributed by atoms with Crippen LogP contribution >= 0.6 is 0 Å². The third-order valence-corrected chi connectivity index (χ3v) is 9.12. The SMILES string of the molecule is CCCCCCCCCCCCCCCCCCCCCCC(=O)CCCCCCCCCCCCCCCC. The van der Waals surface area contributed by atoms with Crippen LogP contribution in [0.4, 0.5) is 0 Å². The van der Waals surface area contributed by atoms with Gasteiger partial charge in [0.25, 0.3) is 0 Å². The molecule has 0 bridgehead atoms. The zero-order valence-corrected chi connectivity index (χ0v) is 28.4. The fourth-order valence-electron chi connectivity index (χ4n) is 6.22. The van der Waals surface area contributed by atoms with Gasteiger partial charge in [0, 0.05) is 12.8 Å². The predicted octanol–water partition coefficient (Wildman–Crippen LogP) is 14.6. The second-order valence-corrected chi connectivity index (χ2v) is 13.4. The van der Waals surface area contributed by atoms with Gasteiger partial charge in [-0.25, -0.2) is 0 Å². The highest BCUT2D eigenvalue weighted by Crippen LogP contribution is 2.16. The smallest absolute Gasteiger partial charge is 0.132 e. The molecule has 0 aromatic heterocycles. The van der Waals surface area contributed by atoms with Crippen molar-refractivity contribution in [3.8, 4) is 0 Å². The zero-order valence-electron chi connectivity index (χ0n) is 28.4. The topological polar surface area (TPSA) is 17.1 Å². The van der Waals surface area contributed by atoms with Gasteiger partial charge < -0.3 is 0 Å². The van der Waals surface area contributed by atoms with Gasteiger partial charge in [-0.2, -0.15) is 0 Å². The maximum Gasteiger partial charge on any atom is 0.132 e. The van der Waals surface area contributed by atoms with Gasteiger partial charge >= 0.3 is 0 Å².